The van der Waals surface area contributed by atoms with Crippen molar-refractivity contribution >= 4 is 15.9 Å². The van der Waals surface area contributed by atoms with E-state index < -0.39 is 0 Å². The highest BCUT2D eigenvalue weighted by atomic mass is 79.9. The minimum absolute atomic E-state index is 0.503. The third kappa shape index (κ3) is 2.36. The van der Waals surface area contributed by atoms with Crippen LogP contribution in [0.5, 0.6) is 0 Å². The number of hydrogen-bond acceptors (Lipinski definition) is 0. The van der Waals surface area contributed by atoms with E-state index in [-0.39, 0.29) is 0 Å². The molecule has 2 aromatic carbocycles. The van der Waals surface area contributed by atoms with Gasteiger partial charge in [-0.3, -0.25) is 0 Å². The molecule has 0 amide bonds. The van der Waals surface area contributed by atoms with E-state index in [2.05, 4.69) is 72.2 Å². The van der Waals surface area contributed by atoms with Crippen LogP contribution in [-0.4, -0.2) is 0 Å². The van der Waals surface area contributed by atoms with E-state index in [0.29, 0.717) is 10.7 Å². The Morgan fingerprint density at radius 2 is 1.68 bits per heavy atom. The van der Waals surface area contributed by atoms with Gasteiger partial charge in [-0.2, -0.15) is 0 Å². The van der Waals surface area contributed by atoms with Crippen LogP contribution in [0.3, 0.4) is 0 Å². The van der Waals surface area contributed by atoms with E-state index in [1.165, 1.54) is 40.7 Å². The van der Waals surface area contributed by atoms with Crippen LogP contribution in [0.1, 0.15) is 32.6 Å². The predicted molar refractivity (Wildman–Crippen MR) is 84.9 cm³/mol. The van der Waals surface area contributed by atoms with Crippen molar-refractivity contribution in [3.63, 3.8) is 0 Å². The molecule has 0 saturated carbocycles. The second-order valence-electron chi connectivity index (χ2n) is 5.64. The molecule has 1 aliphatic carbocycles. The van der Waals surface area contributed by atoms with E-state index in [0.717, 1.165) is 0 Å². The lowest BCUT2D eigenvalue weighted by molar-refractivity contribution is 0.552. The number of alkyl halides is 1. The van der Waals surface area contributed by atoms with Gasteiger partial charge in [-0.1, -0.05) is 58.4 Å². The molecule has 0 N–H and O–H groups in total. The van der Waals surface area contributed by atoms with E-state index in [1.807, 2.05) is 0 Å². The summed E-state index contributed by atoms with van der Waals surface area (Å²) < 4.78 is 0. The van der Waals surface area contributed by atoms with Crippen molar-refractivity contribution in [2.24, 2.45) is 5.92 Å². The number of aryl methyl sites for hydroxylation is 2. The lowest BCUT2D eigenvalue weighted by Gasteiger charge is -2.18. The molecule has 1 heteroatoms. The fraction of sp³-hybridized carbons (Fsp3) is 0.333. The number of hydrogen-bond donors (Lipinski definition) is 0. The molecule has 98 valence electrons. The summed E-state index contributed by atoms with van der Waals surface area (Å²) in [6, 6.07) is 15.5. The summed E-state index contributed by atoms with van der Waals surface area (Å²) in [5.41, 5.74) is 7.38. The van der Waals surface area contributed by atoms with Crippen LogP contribution in [0, 0.1) is 19.8 Å². The van der Waals surface area contributed by atoms with Gasteiger partial charge in [0.2, 0.25) is 0 Å². The number of fused-ring (bicyclic) bond motifs is 1. The molecule has 19 heavy (non-hydrogen) atoms. The van der Waals surface area contributed by atoms with Crippen molar-refractivity contribution in [1.29, 1.82) is 0 Å². The van der Waals surface area contributed by atoms with Crippen LogP contribution in [-0.2, 0) is 12.8 Å². The minimum Gasteiger partial charge on any atom is -0.0835 e. The average molecular weight is 315 g/mol. The molecule has 0 nitrogen and oxygen atoms in total. The molecule has 2 aromatic rings. The Hall–Kier alpha value is -1.08. The summed E-state index contributed by atoms with van der Waals surface area (Å²) >= 11 is 3.91. The maximum absolute atomic E-state index is 3.91. The zero-order valence-electron chi connectivity index (χ0n) is 11.5. The van der Waals surface area contributed by atoms with E-state index in [9.17, 15) is 0 Å². The summed E-state index contributed by atoms with van der Waals surface area (Å²) in [4.78, 5) is 0.503. The monoisotopic (exact) mass is 314 g/mol. The number of halogens is 1. The Morgan fingerprint density at radius 1 is 1.00 bits per heavy atom. The molecular weight excluding hydrogens is 296 g/mol. The van der Waals surface area contributed by atoms with Crippen molar-refractivity contribution in [3.05, 3.63) is 70.3 Å². The molecule has 0 saturated heterocycles. The molecule has 0 spiro atoms. The van der Waals surface area contributed by atoms with Crippen molar-refractivity contribution in [1.82, 2.24) is 0 Å². The molecule has 2 unspecified atom stereocenters. The summed E-state index contributed by atoms with van der Waals surface area (Å²) in [6.45, 7) is 4.46. The standard InChI is InChI=1S/C18H19Br/c1-12-6-5-7-13(2)17(12)11-15-10-14-8-3-4-9-16(14)18(15)19/h3-9,15,18H,10-11H2,1-2H3. The zero-order valence-corrected chi connectivity index (χ0v) is 13.1. The summed E-state index contributed by atoms with van der Waals surface area (Å²) in [5.74, 6) is 0.678. The molecule has 0 aromatic heterocycles. The second-order valence-corrected chi connectivity index (χ2v) is 6.63. The maximum atomic E-state index is 3.91. The van der Waals surface area contributed by atoms with E-state index in [1.54, 1.807) is 0 Å². The molecule has 0 fully saturated rings. The summed E-state index contributed by atoms with van der Waals surface area (Å²) in [6.07, 6.45) is 2.36. The zero-order chi connectivity index (χ0) is 13.4. The first-order valence-corrected chi connectivity index (χ1v) is 7.85. The molecule has 0 heterocycles. The third-order valence-electron chi connectivity index (χ3n) is 4.36. The Morgan fingerprint density at radius 3 is 2.37 bits per heavy atom. The molecule has 0 bridgehead atoms. The molecule has 3 rings (SSSR count). The van der Waals surface area contributed by atoms with Gasteiger partial charge in [-0.05, 0) is 60.4 Å². The van der Waals surface area contributed by atoms with Crippen LogP contribution in [0.15, 0.2) is 42.5 Å². The third-order valence-corrected chi connectivity index (χ3v) is 5.60. The largest absolute Gasteiger partial charge is 0.0835 e. The molecule has 0 radical (unpaired) electrons. The second kappa shape index (κ2) is 5.13. The number of benzene rings is 2. The Kier molecular flexibility index (Phi) is 3.49. The van der Waals surface area contributed by atoms with Crippen molar-refractivity contribution in [2.75, 3.05) is 0 Å². The van der Waals surface area contributed by atoms with Gasteiger partial charge in [0.1, 0.15) is 0 Å². The first kappa shape index (κ1) is 12.9. The highest BCUT2D eigenvalue weighted by Gasteiger charge is 2.30. The molecule has 0 aliphatic heterocycles. The summed E-state index contributed by atoms with van der Waals surface area (Å²) in [7, 11) is 0. The Bertz CT molecular complexity index is 580. The van der Waals surface area contributed by atoms with Crippen LogP contribution in [0.4, 0.5) is 0 Å². The minimum atomic E-state index is 0.503. The highest BCUT2D eigenvalue weighted by molar-refractivity contribution is 9.09. The molecule has 2 atom stereocenters. The fourth-order valence-electron chi connectivity index (χ4n) is 3.24. The molecule has 1 aliphatic rings. The maximum Gasteiger partial charge on any atom is 0.0432 e. The van der Waals surface area contributed by atoms with Gasteiger partial charge in [0.15, 0.2) is 0 Å². The summed E-state index contributed by atoms with van der Waals surface area (Å²) in [5, 5.41) is 0. The van der Waals surface area contributed by atoms with Gasteiger partial charge in [-0.25, -0.2) is 0 Å². The first-order valence-electron chi connectivity index (χ1n) is 6.94. The Balaban J connectivity index is 1.87. The van der Waals surface area contributed by atoms with Gasteiger partial charge in [0.05, 0.1) is 0 Å². The van der Waals surface area contributed by atoms with E-state index >= 15 is 0 Å². The predicted octanol–water partition coefficient (Wildman–Crippen LogP) is 5.15. The topological polar surface area (TPSA) is 0 Å². The van der Waals surface area contributed by atoms with Crippen molar-refractivity contribution in [2.45, 2.75) is 31.5 Å². The lowest BCUT2D eigenvalue weighted by atomic mass is 9.91. The lowest BCUT2D eigenvalue weighted by Crippen LogP contribution is -2.08. The smallest absolute Gasteiger partial charge is 0.0432 e. The van der Waals surface area contributed by atoms with E-state index in [4.69, 9.17) is 0 Å². The quantitative estimate of drug-likeness (QED) is 0.672. The van der Waals surface area contributed by atoms with Crippen LogP contribution >= 0.6 is 15.9 Å². The van der Waals surface area contributed by atoms with Gasteiger partial charge < -0.3 is 0 Å². The van der Waals surface area contributed by atoms with Crippen LogP contribution in [0.25, 0.3) is 0 Å². The average Bonchev–Trinajstić information content (AvgIpc) is 2.72. The normalized spacial score (nSPS) is 21.4. The van der Waals surface area contributed by atoms with Gasteiger partial charge >= 0.3 is 0 Å². The van der Waals surface area contributed by atoms with Crippen LogP contribution < -0.4 is 0 Å². The number of rotatable bonds is 2. The van der Waals surface area contributed by atoms with Crippen molar-refractivity contribution in [3.8, 4) is 0 Å². The fourth-order valence-corrected chi connectivity index (χ4v) is 4.06. The van der Waals surface area contributed by atoms with Crippen LogP contribution in [0.2, 0.25) is 0 Å². The van der Waals surface area contributed by atoms with Gasteiger partial charge in [-0.15, -0.1) is 0 Å². The highest BCUT2D eigenvalue weighted by Crippen LogP contribution is 2.44. The van der Waals surface area contributed by atoms with Crippen molar-refractivity contribution < 1.29 is 0 Å². The van der Waals surface area contributed by atoms with Gasteiger partial charge in [0, 0.05) is 4.83 Å². The van der Waals surface area contributed by atoms with Gasteiger partial charge in [0.25, 0.3) is 0 Å². The Labute approximate surface area is 124 Å². The molecular formula is C18H19Br. The SMILES string of the molecule is Cc1cccc(C)c1CC1Cc2ccccc2C1Br. The first-order chi connectivity index (χ1) is 9.16.